The smallest absolute Gasteiger partial charge is 0.125 e. The van der Waals surface area contributed by atoms with Crippen LogP contribution in [0.2, 0.25) is 0 Å². The van der Waals surface area contributed by atoms with Crippen LogP contribution in [-0.4, -0.2) is 27.3 Å². The second-order valence-electron chi connectivity index (χ2n) is 4.48. The Morgan fingerprint density at radius 3 is 2.69 bits per heavy atom. The van der Waals surface area contributed by atoms with Crippen molar-refractivity contribution in [3.63, 3.8) is 0 Å². The van der Waals surface area contributed by atoms with Gasteiger partial charge in [-0.15, -0.1) is 0 Å². The maximum absolute atomic E-state index is 9.84. The summed E-state index contributed by atoms with van der Waals surface area (Å²) in [6.07, 6.45) is 4.43. The van der Waals surface area contributed by atoms with Gasteiger partial charge in [-0.2, -0.15) is 0 Å². The quantitative estimate of drug-likeness (QED) is 0.771. The molecule has 92 valence electrons. The van der Waals surface area contributed by atoms with Gasteiger partial charge in [0.1, 0.15) is 5.82 Å². The third-order valence-electron chi connectivity index (χ3n) is 3.18. The van der Waals surface area contributed by atoms with Crippen LogP contribution in [-0.2, 0) is 7.05 Å². The van der Waals surface area contributed by atoms with E-state index in [0.717, 1.165) is 12.2 Å². The molecule has 0 saturated heterocycles. The van der Waals surface area contributed by atoms with Crippen molar-refractivity contribution < 1.29 is 5.11 Å². The van der Waals surface area contributed by atoms with Crippen molar-refractivity contribution in [3.8, 4) is 0 Å². The molecule has 0 bridgehead atoms. The second-order valence-corrected chi connectivity index (χ2v) is 4.48. The molecule has 0 fully saturated rings. The fourth-order valence-electron chi connectivity index (χ4n) is 1.66. The number of imidazole rings is 1. The molecule has 2 N–H and O–H groups in total. The third kappa shape index (κ3) is 3.32. The Kier molecular flexibility index (Phi) is 4.96. The summed E-state index contributed by atoms with van der Waals surface area (Å²) < 4.78 is 1.99. The lowest BCUT2D eigenvalue weighted by Crippen LogP contribution is -2.33. The molecule has 0 amide bonds. The molecule has 4 nitrogen and oxygen atoms in total. The van der Waals surface area contributed by atoms with Crippen LogP contribution in [0, 0.1) is 5.92 Å². The minimum Gasteiger partial charge on any atom is -0.392 e. The molecule has 1 aromatic rings. The minimum absolute atomic E-state index is 0.165. The van der Waals surface area contributed by atoms with Gasteiger partial charge < -0.3 is 15.0 Å². The van der Waals surface area contributed by atoms with E-state index >= 15 is 0 Å². The number of nitrogens with zero attached hydrogens (tertiary/aromatic N) is 2. The van der Waals surface area contributed by atoms with E-state index in [4.69, 9.17) is 0 Å². The largest absolute Gasteiger partial charge is 0.392 e. The van der Waals surface area contributed by atoms with Gasteiger partial charge in [0.15, 0.2) is 0 Å². The lowest BCUT2D eigenvalue weighted by Gasteiger charge is -2.20. The summed E-state index contributed by atoms with van der Waals surface area (Å²) in [5.41, 5.74) is 0. The maximum Gasteiger partial charge on any atom is 0.125 e. The lowest BCUT2D eigenvalue weighted by molar-refractivity contribution is 0.110. The van der Waals surface area contributed by atoms with Gasteiger partial charge >= 0.3 is 0 Å². The molecular weight excluding hydrogens is 202 g/mol. The van der Waals surface area contributed by atoms with Crippen LogP contribution in [0.3, 0.4) is 0 Å². The number of aliphatic hydroxyl groups excluding tert-OH is 1. The zero-order chi connectivity index (χ0) is 12.1. The standard InChI is InChI=1S/C12H23N3O/c1-5-9(2)11(16)8-14-10(3)12-13-6-7-15(12)4/h6-7,9-11,14,16H,5,8H2,1-4H3. The number of hydrogen-bond donors (Lipinski definition) is 2. The van der Waals surface area contributed by atoms with Crippen molar-refractivity contribution >= 4 is 0 Å². The third-order valence-corrected chi connectivity index (χ3v) is 3.18. The number of aliphatic hydroxyl groups is 1. The highest BCUT2D eigenvalue weighted by atomic mass is 16.3. The summed E-state index contributed by atoms with van der Waals surface area (Å²) in [6.45, 7) is 6.84. The molecule has 0 radical (unpaired) electrons. The highest BCUT2D eigenvalue weighted by Gasteiger charge is 2.15. The van der Waals surface area contributed by atoms with Crippen LogP contribution >= 0.6 is 0 Å². The monoisotopic (exact) mass is 225 g/mol. The van der Waals surface area contributed by atoms with E-state index in [9.17, 15) is 5.11 Å². The van der Waals surface area contributed by atoms with Crippen molar-refractivity contribution in [1.29, 1.82) is 0 Å². The Balaban J connectivity index is 2.41. The zero-order valence-electron chi connectivity index (χ0n) is 10.6. The van der Waals surface area contributed by atoms with Gasteiger partial charge in [-0.1, -0.05) is 20.3 Å². The van der Waals surface area contributed by atoms with E-state index in [-0.39, 0.29) is 12.1 Å². The van der Waals surface area contributed by atoms with Crippen LogP contribution < -0.4 is 5.32 Å². The van der Waals surface area contributed by atoms with Crippen LogP contribution in [0.1, 0.15) is 39.1 Å². The molecule has 1 rings (SSSR count). The predicted molar refractivity (Wildman–Crippen MR) is 65.1 cm³/mol. The van der Waals surface area contributed by atoms with Gasteiger partial charge in [-0.25, -0.2) is 4.98 Å². The molecule has 3 atom stereocenters. The first-order chi connectivity index (χ1) is 7.56. The fraction of sp³-hybridized carbons (Fsp3) is 0.750. The van der Waals surface area contributed by atoms with E-state index in [1.54, 1.807) is 6.20 Å². The van der Waals surface area contributed by atoms with E-state index < -0.39 is 0 Å². The fourth-order valence-corrected chi connectivity index (χ4v) is 1.66. The normalized spacial score (nSPS) is 17.1. The SMILES string of the molecule is CCC(C)C(O)CNC(C)c1nccn1C. The predicted octanol–water partition coefficient (Wildman–Crippen LogP) is 1.48. The summed E-state index contributed by atoms with van der Waals surface area (Å²) in [7, 11) is 1.98. The van der Waals surface area contributed by atoms with Crippen molar-refractivity contribution in [3.05, 3.63) is 18.2 Å². The summed E-state index contributed by atoms with van der Waals surface area (Å²) in [4.78, 5) is 4.28. The average Bonchev–Trinajstić information content (AvgIpc) is 2.70. The molecule has 0 aliphatic rings. The van der Waals surface area contributed by atoms with Crippen molar-refractivity contribution in [2.45, 2.75) is 39.3 Å². The molecule has 3 unspecified atom stereocenters. The highest BCUT2D eigenvalue weighted by Crippen LogP contribution is 2.11. The topological polar surface area (TPSA) is 50.1 Å². The Hall–Kier alpha value is -0.870. The lowest BCUT2D eigenvalue weighted by atomic mass is 10.0. The number of hydrogen-bond acceptors (Lipinski definition) is 3. The molecule has 1 heterocycles. The highest BCUT2D eigenvalue weighted by molar-refractivity contribution is 4.97. The first-order valence-corrected chi connectivity index (χ1v) is 5.94. The molecule has 0 aliphatic carbocycles. The first kappa shape index (κ1) is 13.2. The molecular formula is C12H23N3O. The Bertz CT molecular complexity index is 311. The average molecular weight is 225 g/mol. The Labute approximate surface area is 97.7 Å². The van der Waals surface area contributed by atoms with E-state index in [0.29, 0.717) is 12.5 Å². The molecule has 0 aromatic carbocycles. The number of aromatic nitrogens is 2. The Morgan fingerprint density at radius 1 is 1.50 bits per heavy atom. The van der Waals surface area contributed by atoms with Gasteiger partial charge in [0, 0.05) is 26.0 Å². The van der Waals surface area contributed by atoms with Gasteiger partial charge in [-0.05, 0) is 12.8 Å². The second kappa shape index (κ2) is 6.01. The van der Waals surface area contributed by atoms with Crippen LogP contribution in [0.15, 0.2) is 12.4 Å². The number of rotatable bonds is 6. The van der Waals surface area contributed by atoms with Gasteiger partial charge in [-0.3, -0.25) is 0 Å². The van der Waals surface area contributed by atoms with Gasteiger partial charge in [0.05, 0.1) is 12.1 Å². The maximum atomic E-state index is 9.84. The Morgan fingerprint density at radius 2 is 2.19 bits per heavy atom. The first-order valence-electron chi connectivity index (χ1n) is 5.94. The molecule has 0 saturated carbocycles. The molecule has 4 heteroatoms. The van der Waals surface area contributed by atoms with E-state index in [1.165, 1.54) is 0 Å². The minimum atomic E-state index is -0.285. The molecule has 16 heavy (non-hydrogen) atoms. The summed E-state index contributed by atoms with van der Waals surface area (Å²) in [5.74, 6) is 1.33. The van der Waals surface area contributed by atoms with Crippen LogP contribution in [0.5, 0.6) is 0 Å². The number of nitrogens with one attached hydrogen (secondary N) is 1. The van der Waals surface area contributed by atoms with Crippen LogP contribution in [0.4, 0.5) is 0 Å². The summed E-state index contributed by atoms with van der Waals surface area (Å²) in [5, 5.41) is 13.2. The zero-order valence-corrected chi connectivity index (χ0v) is 10.6. The molecule has 0 aliphatic heterocycles. The molecule has 0 spiro atoms. The number of aryl methyl sites for hydroxylation is 1. The van der Waals surface area contributed by atoms with Crippen molar-refractivity contribution in [2.75, 3.05) is 6.54 Å². The molecule has 1 aromatic heterocycles. The van der Waals surface area contributed by atoms with Crippen LogP contribution in [0.25, 0.3) is 0 Å². The van der Waals surface area contributed by atoms with Crippen molar-refractivity contribution in [1.82, 2.24) is 14.9 Å². The van der Waals surface area contributed by atoms with E-state index in [1.807, 2.05) is 17.8 Å². The van der Waals surface area contributed by atoms with E-state index in [2.05, 4.69) is 31.1 Å². The summed E-state index contributed by atoms with van der Waals surface area (Å²) >= 11 is 0. The van der Waals surface area contributed by atoms with Gasteiger partial charge in [0.2, 0.25) is 0 Å². The van der Waals surface area contributed by atoms with Crippen molar-refractivity contribution in [2.24, 2.45) is 13.0 Å². The summed E-state index contributed by atoms with van der Waals surface area (Å²) in [6, 6.07) is 0.165. The van der Waals surface area contributed by atoms with Gasteiger partial charge in [0.25, 0.3) is 0 Å².